The second kappa shape index (κ2) is 6.46. The Morgan fingerprint density at radius 2 is 1.88 bits per heavy atom. The van der Waals surface area contributed by atoms with Gasteiger partial charge in [-0.15, -0.1) is 0 Å². The monoisotopic (exact) mass is 342 g/mol. The molecule has 3 heterocycles. The van der Waals surface area contributed by atoms with Crippen LogP contribution in [0.4, 0.5) is 11.6 Å². The van der Waals surface area contributed by atoms with Crippen LogP contribution in [0, 0.1) is 0 Å². The van der Waals surface area contributed by atoms with Crippen molar-refractivity contribution in [2.24, 2.45) is 0 Å². The number of aromatic nitrogens is 4. The highest BCUT2D eigenvalue weighted by atomic mass is 32.1. The van der Waals surface area contributed by atoms with Gasteiger partial charge in [0, 0.05) is 18.7 Å². The summed E-state index contributed by atoms with van der Waals surface area (Å²) in [4.78, 5) is 23.0. The Balaban J connectivity index is 1.46. The maximum atomic E-state index is 12.3. The van der Waals surface area contributed by atoms with Crippen LogP contribution in [-0.2, 0) is 4.74 Å². The molecule has 1 N–H and O–H groups in total. The summed E-state index contributed by atoms with van der Waals surface area (Å²) in [6.45, 7) is 2.90. The van der Waals surface area contributed by atoms with Crippen molar-refractivity contribution in [3.8, 4) is 0 Å². The van der Waals surface area contributed by atoms with Gasteiger partial charge in [-0.05, 0) is 18.2 Å². The van der Waals surface area contributed by atoms with E-state index in [1.54, 1.807) is 30.6 Å². The van der Waals surface area contributed by atoms with E-state index in [2.05, 4.69) is 28.9 Å². The van der Waals surface area contributed by atoms with Crippen LogP contribution in [0.15, 0.2) is 30.6 Å². The largest absolute Gasteiger partial charge is 0.378 e. The second-order valence-electron chi connectivity index (χ2n) is 5.29. The van der Waals surface area contributed by atoms with Crippen LogP contribution in [-0.4, -0.2) is 50.9 Å². The van der Waals surface area contributed by atoms with Crippen LogP contribution in [0.25, 0.3) is 11.0 Å². The molecular weight excluding hydrogens is 328 g/mol. The number of carbonyl (C=O) groups excluding carboxylic acids is 1. The normalized spacial score (nSPS) is 14.8. The van der Waals surface area contributed by atoms with Crippen molar-refractivity contribution in [2.75, 3.05) is 36.5 Å². The number of amides is 1. The Morgan fingerprint density at radius 3 is 2.67 bits per heavy atom. The van der Waals surface area contributed by atoms with Crippen molar-refractivity contribution in [3.63, 3.8) is 0 Å². The molecule has 0 radical (unpaired) electrons. The molecule has 1 aliphatic rings. The molecule has 3 aromatic rings. The fraction of sp³-hybridized carbons (Fsp3) is 0.267. The molecule has 1 amide bonds. The number of fused-ring (bicyclic) bond motifs is 1. The fourth-order valence-electron chi connectivity index (χ4n) is 2.44. The molecule has 8 nitrogen and oxygen atoms in total. The highest BCUT2D eigenvalue weighted by molar-refractivity contribution is 7.00. The van der Waals surface area contributed by atoms with E-state index in [0.717, 1.165) is 30.3 Å². The molecule has 0 bridgehead atoms. The molecule has 0 spiro atoms. The smallest absolute Gasteiger partial charge is 0.255 e. The van der Waals surface area contributed by atoms with Crippen LogP contribution in [0.5, 0.6) is 0 Å². The molecule has 0 saturated carbocycles. The van der Waals surface area contributed by atoms with E-state index in [1.165, 1.54) is 0 Å². The lowest BCUT2D eigenvalue weighted by Gasteiger charge is -2.26. The third kappa shape index (κ3) is 3.03. The summed E-state index contributed by atoms with van der Waals surface area (Å²) in [7, 11) is 0. The summed E-state index contributed by atoms with van der Waals surface area (Å²) < 4.78 is 13.6. The highest BCUT2D eigenvalue weighted by Crippen LogP contribution is 2.16. The number of rotatable bonds is 3. The Kier molecular flexibility index (Phi) is 4.01. The molecule has 4 rings (SSSR count). The summed E-state index contributed by atoms with van der Waals surface area (Å²) in [5.41, 5.74) is 2.57. The van der Waals surface area contributed by atoms with E-state index in [4.69, 9.17) is 4.74 Å². The summed E-state index contributed by atoms with van der Waals surface area (Å²) in [6, 6.07) is 5.23. The number of hydrogen-bond acceptors (Lipinski definition) is 8. The van der Waals surface area contributed by atoms with E-state index < -0.39 is 0 Å². The topological polar surface area (TPSA) is 93.1 Å². The zero-order valence-corrected chi connectivity index (χ0v) is 13.5. The predicted octanol–water partition coefficient (Wildman–Crippen LogP) is 1.57. The zero-order valence-electron chi connectivity index (χ0n) is 12.7. The van der Waals surface area contributed by atoms with Crippen molar-refractivity contribution in [1.82, 2.24) is 18.7 Å². The van der Waals surface area contributed by atoms with Crippen molar-refractivity contribution in [2.45, 2.75) is 0 Å². The van der Waals surface area contributed by atoms with Gasteiger partial charge in [0.2, 0.25) is 5.95 Å². The number of hydrogen-bond donors (Lipinski definition) is 1. The molecule has 0 atom stereocenters. The Labute approximate surface area is 141 Å². The molecule has 1 saturated heterocycles. The van der Waals surface area contributed by atoms with Gasteiger partial charge in [-0.1, -0.05) is 0 Å². The van der Waals surface area contributed by atoms with Gasteiger partial charge in [-0.2, -0.15) is 8.75 Å². The van der Waals surface area contributed by atoms with E-state index in [0.29, 0.717) is 35.9 Å². The minimum absolute atomic E-state index is 0.229. The number of nitrogens with zero attached hydrogens (tertiary/aromatic N) is 5. The molecule has 1 fully saturated rings. The zero-order chi connectivity index (χ0) is 16.4. The number of carbonyl (C=O) groups is 1. The number of nitrogens with one attached hydrogen (secondary N) is 1. The number of morpholine rings is 1. The van der Waals surface area contributed by atoms with Crippen molar-refractivity contribution < 1.29 is 9.53 Å². The lowest BCUT2D eigenvalue weighted by atomic mass is 10.2. The standard InChI is InChI=1S/C15H14N6O2S/c22-14(10-1-2-12-13(7-10)20-24-19-12)18-11-8-16-15(17-9-11)21-3-5-23-6-4-21/h1-2,7-9H,3-6H2,(H,18,22). The number of benzene rings is 1. The van der Waals surface area contributed by atoms with Gasteiger partial charge >= 0.3 is 0 Å². The van der Waals surface area contributed by atoms with Gasteiger partial charge in [0.15, 0.2) is 0 Å². The van der Waals surface area contributed by atoms with Crippen LogP contribution >= 0.6 is 11.7 Å². The molecule has 0 aliphatic carbocycles. The molecular formula is C15H14N6O2S. The third-order valence-corrected chi connectivity index (χ3v) is 4.26. The first-order valence-electron chi connectivity index (χ1n) is 7.48. The molecule has 1 aromatic carbocycles. The molecule has 122 valence electrons. The minimum Gasteiger partial charge on any atom is -0.378 e. The van der Waals surface area contributed by atoms with E-state index >= 15 is 0 Å². The molecule has 1 aliphatic heterocycles. The van der Waals surface area contributed by atoms with Gasteiger partial charge < -0.3 is 15.0 Å². The Morgan fingerprint density at radius 1 is 1.12 bits per heavy atom. The molecule has 24 heavy (non-hydrogen) atoms. The minimum atomic E-state index is -0.229. The van der Waals surface area contributed by atoms with Crippen LogP contribution in [0.3, 0.4) is 0 Å². The molecule has 9 heteroatoms. The lowest BCUT2D eigenvalue weighted by Crippen LogP contribution is -2.37. The third-order valence-electron chi connectivity index (χ3n) is 3.71. The molecule has 2 aromatic heterocycles. The second-order valence-corrected chi connectivity index (χ2v) is 5.82. The Hall–Kier alpha value is -2.65. The quantitative estimate of drug-likeness (QED) is 0.772. The van der Waals surface area contributed by atoms with Crippen LogP contribution in [0.2, 0.25) is 0 Å². The van der Waals surface area contributed by atoms with Gasteiger partial charge in [-0.25, -0.2) is 9.97 Å². The average Bonchev–Trinajstić information content (AvgIpc) is 3.11. The van der Waals surface area contributed by atoms with Gasteiger partial charge in [0.1, 0.15) is 11.0 Å². The van der Waals surface area contributed by atoms with E-state index in [-0.39, 0.29) is 5.91 Å². The van der Waals surface area contributed by atoms with Gasteiger partial charge in [0.25, 0.3) is 5.91 Å². The lowest BCUT2D eigenvalue weighted by molar-refractivity contribution is 0.102. The SMILES string of the molecule is O=C(Nc1cnc(N2CCOCC2)nc1)c1ccc2nsnc2c1. The maximum absolute atomic E-state index is 12.3. The first kappa shape index (κ1) is 14.9. The van der Waals surface area contributed by atoms with Crippen molar-refractivity contribution >= 4 is 40.3 Å². The van der Waals surface area contributed by atoms with Crippen LogP contribution in [0.1, 0.15) is 10.4 Å². The molecule has 0 unspecified atom stereocenters. The Bertz CT molecular complexity index is 860. The van der Waals surface area contributed by atoms with Gasteiger partial charge in [0.05, 0.1) is 43.0 Å². The summed E-state index contributed by atoms with van der Waals surface area (Å²) in [6.07, 6.45) is 3.22. The summed E-state index contributed by atoms with van der Waals surface area (Å²) in [5.74, 6) is 0.416. The summed E-state index contributed by atoms with van der Waals surface area (Å²) >= 11 is 1.13. The average molecular weight is 342 g/mol. The first-order chi connectivity index (χ1) is 11.8. The number of anilines is 2. The van der Waals surface area contributed by atoms with Crippen LogP contribution < -0.4 is 10.2 Å². The highest BCUT2D eigenvalue weighted by Gasteiger charge is 2.14. The van der Waals surface area contributed by atoms with E-state index in [1.807, 2.05) is 0 Å². The maximum Gasteiger partial charge on any atom is 0.255 e. The fourth-order valence-corrected chi connectivity index (χ4v) is 2.96. The van der Waals surface area contributed by atoms with E-state index in [9.17, 15) is 4.79 Å². The van der Waals surface area contributed by atoms with Gasteiger partial charge in [-0.3, -0.25) is 4.79 Å². The van der Waals surface area contributed by atoms with Crippen molar-refractivity contribution in [3.05, 3.63) is 36.2 Å². The number of ether oxygens (including phenoxy) is 1. The van der Waals surface area contributed by atoms with Crippen molar-refractivity contribution in [1.29, 1.82) is 0 Å². The first-order valence-corrected chi connectivity index (χ1v) is 8.21. The predicted molar refractivity (Wildman–Crippen MR) is 90.4 cm³/mol. The summed E-state index contributed by atoms with van der Waals surface area (Å²) in [5, 5.41) is 2.79.